The Labute approximate surface area is 143 Å². The van der Waals surface area contributed by atoms with Gasteiger partial charge >= 0.3 is 0 Å². The summed E-state index contributed by atoms with van der Waals surface area (Å²) in [5.74, 6) is 0.763. The minimum Gasteiger partial charge on any atom is -0.367 e. The van der Waals surface area contributed by atoms with Gasteiger partial charge in [-0.05, 0) is 56.4 Å². The number of H-pyrrole nitrogens is 1. The third-order valence-corrected chi connectivity index (χ3v) is 6.43. The monoisotopic (exact) mass is 329 g/mol. The largest absolute Gasteiger partial charge is 0.367 e. The second-order valence-electron chi connectivity index (χ2n) is 7.86. The third kappa shape index (κ3) is 2.85. The van der Waals surface area contributed by atoms with Crippen LogP contribution in [0.5, 0.6) is 0 Å². The zero-order valence-corrected chi connectivity index (χ0v) is 14.3. The SMILES string of the molecule is O=C(c1cc[nH]c1)N1CCC2(CCC(C(=O)N3CCCC3)C2)CC1. The molecule has 3 aliphatic rings. The van der Waals surface area contributed by atoms with E-state index in [1.165, 1.54) is 12.8 Å². The standard InChI is InChI=1S/C19H27N3O2/c23-17(21-9-1-2-10-21)15-3-5-19(13-15)6-11-22(12-7-19)18(24)16-4-8-20-14-16/h4,8,14-15,20H,1-3,5-7,9-13H2. The molecule has 0 aromatic carbocycles. The fourth-order valence-corrected chi connectivity index (χ4v) is 4.89. The van der Waals surface area contributed by atoms with Crippen LogP contribution in [0.25, 0.3) is 0 Å². The maximum atomic E-state index is 12.7. The van der Waals surface area contributed by atoms with E-state index in [9.17, 15) is 9.59 Å². The van der Waals surface area contributed by atoms with Crippen LogP contribution in [0.1, 0.15) is 55.3 Å². The Morgan fingerprint density at radius 2 is 1.79 bits per heavy atom. The predicted octanol–water partition coefficient (Wildman–Crippen LogP) is 2.66. The molecule has 3 heterocycles. The Hall–Kier alpha value is -1.78. The second-order valence-corrected chi connectivity index (χ2v) is 7.86. The van der Waals surface area contributed by atoms with Crippen molar-refractivity contribution in [3.63, 3.8) is 0 Å². The van der Waals surface area contributed by atoms with Crippen molar-refractivity contribution in [1.29, 1.82) is 0 Å². The quantitative estimate of drug-likeness (QED) is 0.907. The van der Waals surface area contributed by atoms with Crippen molar-refractivity contribution in [2.75, 3.05) is 26.2 Å². The zero-order valence-electron chi connectivity index (χ0n) is 14.3. The van der Waals surface area contributed by atoms with Crippen LogP contribution in [0.4, 0.5) is 0 Å². The fourth-order valence-electron chi connectivity index (χ4n) is 4.89. The van der Waals surface area contributed by atoms with Gasteiger partial charge in [-0.1, -0.05) is 0 Å². The van der Waals surface area contributed by atoms with E-state index in [0.29, 0.717) is 11.3 Å². The Bertz CT molecular complexity index is 596. The van der Waals surface area contributed by atoms with Crippen LogP contribution in [0.2, 0.25) is 0 Å². The van der Waals surface area contributed by atoms with E-state index in [1.807, 2.05) is 11.0 Å². The molecule has 2 amide bonds. The summed E-state index contributed by atoms with van der Waals surface area (Å²) in [5.41, 5.74) is 1.05. The van der Waals surface area contributed by atoms with Crippen LogP contribution in [-0.2, 0) is 4.79 Å². The molecule has 1 atom stereocenters. The minimum atomic E-state index is 0.133. The molecule has 4 rings (SSSR count). The third-order valence-electron chi connectivity index (χ3n) is 6.43. The van der Waals surface area contributed by atoms with Gasteiger partial charge in [0.15, 0.2) is 0 Å². The number of carbonyl (C=O) groups excluding carboxylic acids is 2. The number of nitrogens with one attached hydrogen (secondary N) is 1. The first-order chi connectivity index (χ1) is 11.7. The van der Waals surface area contributed by atoms with E-state index in [-0.39, 0.29) is 11.8 Å². The Balaban J connectivity index is 1.34. The van der Waals surface area contributed by atoms with E-state index in [0.717, 1.165) is 63.8 Å². The van der Waals surface area contributed by atoms with E-state index in [2.05, 4.69) is 9.88 Å². The number of likely N-dealkylation sites (tertiary alicyclic amines) is 2. The number of rotatable bonds is 2. The van der Waals surface area contributed by atoms with Gasteiger partial charge in [0, 0.05) is 44.5 Å². The van der Waals surface area contributed by atoms with Gasteiger partial charge in [-0.3, -0.25) is 9.59 Å². The van der Waals surface area contributed by atoms with Gasteiger partial charge in [-0.25, -0.2) is 0 Å². The van der Waals surface area contributed by atoms with Gasteiger partial charge in [0.1, 0.15) is 0 Å². The van der Waals surface area contributed by atoms with E-state index in [4.69, 9.17) is 0 Å². The first kappa shape index (κ1) is 15.7. The Morgan fingerprint density at radius 1 is 1.04 bits per heavy atom. The molecular weight excluding hydrogens is 302 g/mol. The first-order valence-corrected chi connectivity index (χ1v) is 9.38. The molecule has 0 bridgehead atoms. The van der Waals surface area contributed by atoms with Gasteiger partial charge in [-0.15, -0.1) is 0 Å². The van der Waals surface area contributed by atoms with E-state index in [1.54, 1.807) is 12.4 Å². The lowest BCUT2D eigenvalue weighted by Crippen LogP contribution is -2.42. The highest BCUT2D eigenvalue weighted by Crippen LogP contribution is 2.49. The molecule has 5 nitrogen and oxygen atoms in total. The Kier molecular flexibility index (Phi) is 4.10. The summed E-state index contributed by atoms with van der Waals surface area (Å²) < 4.78 is 0. The molecule has 5 heteroatoms. The zero-order chi connectivity index (χ0) is 16.6. The van der Waals surface area contributed by atoms with Gasteiger partial charge in [0.2, 0.25) is 5.91 Å². The number of aromatic amines is 1. The summed E-state index contributed by atoms with van der Waals surface area (Å²) >= 11 is 0. The van der Waals surface area contributed by atoms with E-state index >= 15 is 0 Å². The summed E-state index contributed by atoms with van der Waals surface area (Å²) in [6.45, 7) is 3.58. The van der Waals surface area contributed by atoms with Crippen molar-refractivity contribution >= 4 is 11.8 Å². The summed E-state index contributed by atoms with van der Waals surface area (Å²) in [4.78, 5) is 32.1. The molecule has 2 aliphatic heterocycles. The average molecular weight is 329 g/mol. The molecule has 1 spiro atoms. The highest BCUT2D eigenvalue weighted by atomic mass is 16.2. The molecular formula is C19H27N3O2. The molecule has 3 fully saturated rings. The van der Waals surface area contributed by atoms with Crippen LogP contribution < -0.4 is 0 Å². The van der Waals surface area contributed by atoms with Gasteiger partial charge < -0.3 is 14.8 Å². The number of amides is 2. The van der Waals surface area contributed by atoms with Crippen molar-refractivity contribution in [3.05, 3.63) is 24.0 Å². The van der Waals surface area contributed by atoms with Gasteiger partial charge in [0.25, 0.3) is 5.91 Å². The minimum absolute atomic E-state index is 0.133. The highest BCUT2D eigenvalue weighted by molar-refractivity contribution is 5.94. The number of nitrogens with zero attached hydrogens (tertiary/aromatic N) is 2. The maximum Gasteiger partial charge on any atom is 0.255 e. The molecule has 1 saturated carbocycles. The highest BCUT2D eigenvalue weighted by Gasteiger charge is 2.45. The van der Waals surface area contributed by atoms with Crippen molar-refractivity contribution in [2.24, 2.45) is 11.3 Å². The molecule has 2 saturated heterocycles. The normalized spacial score (nSPS) is 26.2. The number of carbonyl (C=O) groups is 2. The van der Waals surface area contributed by atoms with Gasteiger partial charge in [0.05, 0.1) is 5.56 Å². The van der Waals surface area contributed by atoms with Gasteiger partial charge in [-0.2, -0.15) is 0 Å². The summed E-state index contributed by atoms with van der Waals surface area (Å²) in [7, 11) is 0. The predicted molar refractivity (Wildman–Crippen MR) is 91.5 cm³/mol. The van der Waals surface area contributed by atoms with Crippen LogP contribution in [0.3, 0.4) is 0 Å². The average Bonchev–Trinajstić information content (AvgIpc) is 3.36. The molecule has 1 aliphatic carbocycles. The summed E-state index contributed by atoms with van der Waals surface area (Å²) in [5, 5.41) is 0. The van der Waals surface area contributed by atoms with E-state index < -0.39 is 0 Å². The first-order valence-electron chi connectivity index (χ1n) is 9.38. The molecule has 1 aromatic heterocycles. The van der Waals surface area contributed by atoms with Crippen LogP contribution in [0, 0.1) is 11.3 Å². The number of piperidine rings is 1. The van der Waals surface area contributed by atoms with Crippen molar-refractivity contribution < 1.29 is 9.59 Å². The molecule has 130 valence electrons. The summed E-state index contributed by atoms with van der Waals surface area (Å²) in [6.07, 6.45) is 11.2. The van der Waals surface area contributed by atoms with Crippen molar-refractivity contribution in [2.45, 2.75) is 44.9 Å². The van der Waals surface area contributed by atoms with Crippen LogP contribution >= 0.6 is 0 Å². The molecule has 1 N–H and O–H groups in total. The lowest BCUT2D eigenvalue weighted by atomic mass is 9.76. The molecule has 1 aromatic rings. The number of aromatic nitrogens is 1. The maximum absolute atomic E-state index is 12.7. The Morgan fingerprint density at radius 3 is 2.46 bits per heavy atom. The van der Waals surface area contributed by atoms with Crippen molar-refractivity contribution in [3.8, 4) is 0 Å². The molecule has 24 heavy (non-hydrogen) atoms. The molecule has 0 radical (unpaired) electrons. The summed E-state index contributed by atoms with van der Waals surface area (Å²) in [6, 6.07) is 1.84. The lowest BCUT2D eigenvalue weighted by molar-refractivity contribution is -0.134. The van der Waals surface area contributed by atoms with Crippen molar-refractivity contribution in [1.82, 2.24) is 14.8 Å². The molecule has 1 unspecified atom stereocenters. The second kappa shape index (κ2) is 6.26. The lowest BCUT2D eigenvalue weighted by Gasteiger charge is -2.39. The van der Waals surface area contributed by atoms with Crippen LogP contribution in [-0.4, -0.2) is 52.8 Å². The van der Waals surface area contributed by atoms with Crippen LogP contribution in [0.15, 0.2) is 18.5 Å². The number of hydrogen-bond donors (Lipinski definition) is 1. The fraction of sp³-hybridized carbons (Fsp3) is 0.684. The number of hydrogen-bond acceptors (Lipinski definition) is 2. The smallest absolute Gasteiger partial charge is 0.255 e. The topological polar surface area (TPSA) is 56.4 Å².